The van der Waals surface area contributed by atoms with Crippen LogP contribution in [0.1, 0.15) is 84.0 Å². The Bertz CT molecular complexity index is 711. The van der Waals surface area contributed by atoms with Crippen molar-refractivity contribution in [3.05, 3.63) is 23.8 Å². The SMILES string of the molecule is CC(CCCC1CCC2(C(=O)O)C3=CCC(C#N)(C=C3)C2C1)C1CCCCC1. The lowest BCUT2D eigenvalue weighted by Crippen LogP contribution is -2.54. The van der Waals surface area contributed by atoms with Crippen LogP contribution in [0.15, 0.2) is 23.8 Å². The number of nitrogens with zero attached hydrogens (tertiary/aromatic N) is 1. The highest BCUT2D eigenvalue weighted by atomic mass is 16.4. The summed E-state index contributed by atoms with van der Waals surface area (Å²) in [5.41, 5.74) is -0.450. The molecular weight excluding hydrogens is 346 g/mol. The third-order valence-electron chi connectivity index (χ3n) is 8.78. The first kappa shape index (κ1) is 19.7. The molecule has 5 unspecified atom stereocenters. The van der Waals surface area contributed by atoms with E-state index in [1.807, 2.05) is 18.2 Å². The zero-order valence-corrected chi connectivity index (χ0v) is 17.3. The maximum absolute atomic E-state index is 12.4. The van der Waals surface area contributed by atoms with Crippen LogP contribution < -0.4 is 0 Å². The maximum atomic E-state index is 12.4. The van der Waals surface area contributed by atoms with Gasteiger partial charge >= 0.3 is 5.97 Å². The minimum Gasteiger partial charge on any atom is -0.481 e. The summed E-state index contributed by atoms with van der Waals surface area (Å²) in [5.74, 6) is 1.56. The number of carbonyl (C=O) groups is 1. The molecule has 2 saturated carbocycles. The lowest BCUT2D eigenvalue weighted by Gasteiger charge is -2.55. The third-order valence-corrected chi connectivity index (χ3v) is 8.78. The Morgan fingerprint density at radius 2 is 2.11 bits per heavy atom. The second-order valence-corrected chi connectivity index (χ2v) is 10.1. The van der Waals surface area contributed by atoms with Gasteiger partial charge in [0.05, 0.1) is 16.9 Å². The van der Waals surface area contributed by atoms with Crippen LogP contribution in [0.3, 0.4) is 0 Å². The normalized spacial score (nSPS) is 38.4. The van der Waals surface area contributed by atoms with Crippen LogP contribution in [0.25, 0.3) is 0 Å². The summed E-state index contributed by atoms with van der Waals surface area (Å²) in [4.78, 5) is 12.4. The van der Waals surface area contributed by atoms with Gasteiger partial charge in [-0.3, -0.25) is 4.79 Å². The zero-order valence-electron chi connectivity index (χ0n) is 17.3. The predicted molar refractivity (Wildman–Crippen MR) is 110 cm³/mol. The first-order valence-electron chi connectivity index (χ1n) is 11.6. The highest BCUT2D eigenvalue weighted by molar-refractivity contribution is 5.82. The van der Waals surface area contributed by atoms with Crippen LogP contribution in [-0.2, 0) is 4.79 Å². The molecule has 152 valence electrons. The molecule has 3 heteroatoms. The maximum Gasteiger partial charge on any atom is 0.314 e. The quantitative estimate of drug-likeness (QED) is 0.590. The fourth-order valence-corrected chi connectivity index (χ4v) is 6.97. The molecule has 5 atom stereocenters. The number of carboxylic acids is 1. The van der Waals surface area contributed by atoms with Crippen LogP contribution >= 0.6 is 0 Å². The molecule has 0 heterocycles. The summed E-state index contributed by atoms with van der Waals surface area (Å²) < 4.78 is 0. The average Bonchev–Trinajstić information content (AvgIpc) is 2.75. The molecule has 2 fully saturated rings. The zero-order chi connectivity index (χ0) is 19.8. The Balaban J connectivity index is 1.39. The van der Waals surface area contributed by atoms with Crippen LogP contribution in [0.4, 0.5) is 0 Å². The Labute approximate surface area is 169 Å². The Morgan fingerprint density at radius 3 is 2.75 bits per heavy atom. The summed E-state index contributed by atoms with van der Waals surface area (Å²) in [6.45, 7) is 2.44. The van der Waals surface area contributed by atoms with E-state index in [2.05, 4.69) is 13.0 Å². The molecule has 5 rings (SSSR count). The van der Waals surface area contributed by atoms with E-state index in [-0.39, 0.29) is 5.92 Å². The largest absolute Gasteiger partial charge is 0.481 e. The smallest absolute Gasteiger partial charge is 0.314 e. The van der Waals surface area contributed by atoms with Crippen molar-refractivity contribution in [2.75, 3.05) is 0 Å². The molecule has 0 saturated heterocycles. The number of carboxylic acid groups (broad SMARTS) is 1. The molecule has 28 heavy (non-hydrogen) atoms. The topological polar surface area (TPSA) is 61.1 Å². The number of rotatable bonds is 6. The number of fused-ring (bicyclic) bond motifs is 1. The molecule has 0 aliphatic heterocycles. The highest BCUT2D eigenvalue weighted by Gasteiger charge is 2.62. The molecule has 0 spiro atoms. The summed E-state index contributed by atoms with van der Waals surface area (Å²) in [5, 5.41) is 20.1. The molecule has 3 nitrogen and oxygen atoms in total. The fraction of sp³-hybridized carbons (Fsp3) is 0.760. The molecule has 0 aromatic carbocycles. The van der Waals surface area contributed by atoms with Crippen molar-refractivity contribution in [3.8, 4) is 6.07 Å². The van der Waals surface area contributed by atoms with Crippen molar-refractivity contribution in [2.24, 2.45) is 34.5 Å². The molecular formula is C25H35NO2. The molecule has 2 bridgehead atoms. The molecule has 0 amide bonds. The fourth-order valence-electron chi connectivity index (χ4n) is 6.97. The molecule has 5 aliphatic carbocycles. The summed E-state index contributed by atoms with van der Waals surface area (Å²) >= 11 is 0. The minimum absolute atomic E-state index is 0.0537. The molecule has 5 aliphatic rings. The van der Waals surface area contributed by atoms with Gasteiger partial charge in [-0.15, -0.1) is 0 Å². The van der Waals surface area contributed by atoms with Crippen molar-refractivity contribution >= 4 is 5.97 Å². The number of aliphatic carboxylic acids is 1. The molecule has 1 N–H and O–H groups in total. The van der Waals surface area contributed by atoms with Crippen LogP contribution in [0.2, 0.25) is 0 Å². The van der Waals surface area contributed by atoms with Gasteiger partial charge in [-0.1, -0.05) is 76.5 Å². The van der Waals surface area contributed by atoms with Gasteiger partial charge in [0.2, 0.25) is 0 Å². The van der Waals surface area contributed by atoms with E-state index in [4.69, 9.17) is 0 Å². The standard InChI is InChI=1S/C25H35NO2/c1-18(20-8-3-2-4-9-20)6-5-7-19-10-15-25(23(27)28)21-11-13-24(17-26,14-12-21)22(25)16-19/h11-13,18-20,22H,2-10,14-16H2,1H3,(H,27,28). The van der Waals surface area contributed by atoms with Crippen LogP contribution in [0, 0.1) is 45.8 Å². The Kier molecular flexibility index (Phi) is 5.43. The van der Waals surface area contributed by atoms with Gasteiger partial charge in [0.15, 0.2) is 0 Å². The number of nitriles is 1. The van der Waals surface area contributed by atoms with Gasteiger partial charge in [0.1, 0.15) is 0 Å². The van der Waals surface area contributed by atoms with E-state index in [0.29, 0.717) is 18.8 Å². The lowest BCUT2D eigenvalue weighted by molar-refractivity contribution is -0.156. The highest BCUT2D eigenvalue weighted by Crippen LogP contribution is 2.63. The van der Waals surface area contributed by atoms with Gasteiger partial charge < -0.3 is 5.11 Å². The summed E-state index contributed by atoms with van der Waals surface area (Å²) in [6.07, 6.45) is 20.1. The Hall–Kier alpha value is -1.56. The average molecular weight is 382 g/mol. The molecule has 0 aromatic rings. The first-order chi connectivity index (χ1) is 13.5. The number of hydrogen-bond donors (Lipinski definition) is 1. The number of allylic oxidation sites excluding steroid dienone is 3. The van der Waals surface area contributed by atoms with Crippen LogP contribution in [-0.4, -0.2) is 11.1 Å². The third kappa shape index (κ3) is 3.14. The predicted octanol–water partition coefficient (Wildman–Crippen LogP) is 6.27. The van der Waals surface area contributed by atoms with E-state index >= 15 is 0 Å². The lowest BCUT2D eigenvalue weighted by atomic mass is 9.46. The second-order valence-electron chi connectivity index (χ2n) is 10.1. The van der Waals surface area contributed by atoms with E-state index in [9.17, 15) is 15.2 Å². The first-order valence-corrected chi connectivity index (χ1v) is 11.6. The van der Waals surface area contributed by atoms with Crippen molar-refractivity contribution < 1.29 is 9.90 Å². The molecule has 0 aromatic heterocycles. The van der Waals surface area contributed by atoms with Crippen molar-refractivity contribution in [1.29, 1.82) is 5.26 Å². The minimum atomic E-state index is -0.811. The van der Waals surface area contributed by atoms with Gasteiger partial charge in [-0.25, -0.2) is 0 Å². The van der Waals surface area contributed by atoms with E-state index in [0.717, 1.165) is 30.3 Å². The Morgan fingerprint density at radius 1 is 1.32 bits per heavy atom. The van der Waals surface area contributed by atoms with Crippen LogP contribution in [0.5, 0.6) is 0 Å². The summed E-state index contributed by atoms with van der Waals surface area (Å²) in [7, 11) is 0. The van der Waals surface area contributed by atoms with Crippen molar-refractivity contribution in [3.63, 3.8) is 0 Å². The van der Waals surface area contributed by atoms with Gasteiger partial charge in [0.25, 0.3) is 0 Å². The molecule has 0 radical (unpaired) electrons. The van der Waals surface area contributed by atoms with E-state index < -0.39 is 16.8 Å². The van der Waals surface area contributed by atoms with Crippen molar-refractivity contribution in [2.45, 2.75) is 84.0 Å². The van der Waals surface area contributed by atoms with E-state index in [1.165, 1.54) is 51.4 Å². The second kappa shape index (κ2) is 7.69. The number of hydrogen-bond acceptors (Lipinski definition) is 2. The van der Waals surface area contributed by atoms with E-state index in [1.54, 1.807) is 0 Å². The van der Waals surface area contributed by atoms with Gasteiger partial charge in [-0.05, 0) is 49.0 Å². The monoisotopic (exact) mass is 381 g/mol. The van der Waals surface area contributed by atoms with Gasteiger partial charge in [0, 0.05) is 5.92 Å². The van der Waals surface area contributed by atoms with Crippen molar-refractivity contribution in [1.82, 2.24) is 0 Å². The van der Waals surface area contributed by atoms with Gasteiger partial charge in [-0.2, -0.15) is 5.26 Å². The summed E-state index contributed by atoms with van der Waals surface area (Å²) in [6, 6.07) is 2.53.